The lowest BCUT2D eigenvalue weighted by molar-refractivity contribution is 0.199. The Hall–Kier alpha value is -1.07. The first-order valence-electron chi connectivity index (χ1n) is 6.39. The van der Waals surface area contributed by atoms with E-state index in [1.54, 1.807) is 0 Å². The Morgan fingerprint density at radius 3 is 2.94 bits per heavy atom. The lowest BCUT2D eigenvalue weighted by Crippen LogP contribution is -2.36. The van der Waals surface area contributed by atoms with Crippen molar-refractivity contribution in [1.82, 2.24) is 14.9 Å². The average molecular weight is 270 g/mol. The Bertz CT molecular complexity index is 390. The molecule has 0 spiro atoms. The molecule has 2 heterocycles. The van der Waals surface area contributed by atoms with Crippen molar-refractivity contribution in [3.05, 3.63) is 11.5 Å². The molecule has 1 fully saturated rings. The molecule has 2 rings (SSSR count). The predicted molar refractivity (Wildman–Crippen MR) is 74.8 cm³/mol. The summed E-state index contributed by atoms with van der Waals surface area (Å²) in [5.41, 5.74) is 6.30. The van der Waals surface area contributed by atoms with Gasteiger partial charge in [0.25, 0.3) is 0 Å². The van der Waals surface area contributed by atoms with E-state index in [2.05, 4.69) is 27.1 Å². The summed E-state index contributed by atoms with van der Waals surface area (Å²) < 4.78 is 0. The zero-order valence-corrected chi connectivity index (χ0v) is 11.5. The molecule has 0 aliphatic carbocycles. The monoisotopic (exact) mass is 269 g/mol. The molecule has 1 aromatic heterocycles. The van der Waals surface area contributed by atoms with Gasteiger partial charge in [-0.2, -0.15) is 4.98 Å². The number of aromatic nitrogens is 2. The lowest BCUT2D eigenvalue weighted by Gasteiger charge is -2.30. The van der Waals surface area contributed by atoms with Gasteiger partial charge in [-0.1, -0.05) is 6.92 Å². The van der Waals surface area contributed by atoms with Gasteiger partial charge in [0.2, 0.25) is 5.28 Å². The highest BCUT2D eigenvalue weighted by Gasteiger charge is 2.15. The van der Waals surface area contributed by atoms with Crippen molar-refractivity contribution >= 4 is 23.1 Å². The van der Waals surface area contributed by atoms with Crippen LogP contribution in [-0.2, 0) is 0 Å². The molecule has 1 aromatic rings. The normalized spacial score (nSPS) is 17.9. The van der Waals surface area contributed by atoms with Gasteiger partial charge in [-0.25, -0.2) is 4.98 Å². The topological polar surface area (TPSA) is 67.1 Å². The fourth-order valence-electron chi connectivity index (χ4n) is 2.13. The summed E-state index contributed by atoms with van der Waals surface area (Å²) in [6, 6.07) is 0. The summed E-state index contributed by atoms with van der Waals surface area (Å²) in [6.07, 6.45) is 4.11. The van der Waals surface area contributed by atoms with Crippen LogP contribution in [0.1, 0.15) is 19.8 Å². The molecular formula is C12H20ClN5. The van der Waals surface area contributed by atoms with Gasteiger partial charge in [-0.15, -0.1) is 0 Å². The summed E-state index contributed by atoms with van der Waals surface area (Å²) in [5.74, 6) is 1.49. The SMILES string of the molecule is CC1CCN(CCNc2nc(Cl)ncc2N)CC1. The number of nitrogen functional groups attached to an aromatic ring is 1. The quantitative estimate of drug-likeness (QED) is 0.817. The molecule has 1 saturated heterocycles. The molecule has 0 radical (unpaired) electrons. The minimum Gasteiger partial charge on any atom is -0.394 e. The Morgan fingerprint density at radius 2 is 2.22 bits per heavy atom. The van der Waals surface area contributed by atoms with E-state index in [1.807, 2.05) is 0 Å². The van der Waals surface area contributed by atoms with Crippen LogP contribution in [0, 0.1) is 5.92 Å². The van der Waals surface area contributed by atoms with Gasteiger partial charge in [-0.05, 0) is 43.5 Å². The minimum absolute atomic E-state index is 0.221. The standard InChI is InChI=1S/C12H20ClN5/c1-9-2-5-18(6-3-9)7-4-15-11-10(14)8-16-12(13)17-11/h8-9H,2-7,14H2,1H3,(H,15,16,17). The van der Waals surface area contributed by atoms with Crippen molar-refractivity contribution < 1.29 is 0 Å². The van der Waals surface area contributed by atoms with E-state index >= 15 is 0 Å². The summed E-state index contributed by atoms with van der Waals surface area (Å²) >= 11 is 5.73. The number of likely N-dealkylation sites (tertiary alicyclic amines) is 1. The number of anilines is 2. The Balaban J connectivity index is 1.76. The molecule has 1 aliphatic heterocycles. The van der Waals surface area contributed by atoms with Crippen molar-refractivity contribution in [2.24, 2.45) is 5.92 Å². The van der Waals surface area contributed by atoms with Crippen molar-refractivity contribution in [1.29, 1.82) is 0 Å². The van der Waals surface area contributed by atoms with Gasteiger partial charge in [0, 0.05) is 13.1 Å². The molecule has 5 nitrogen and oxygen atoms in total. The largest absolute Gasteiger partial charge is 0.394 e. The molecule has 0 atom stereocenters. The maximum atomic E-state index is 5.77. The molecule has 0 saturated carbocycles. The number of nitrogens with zero attached hydrogens (tertiary/aromatic N) is 3. The van der Waals surface area contributed by atoms with Crippen LogP contribution in [-0.4, -0.2) is 41.0 Å². The van der Waals surface area contributed by atoms with E-state index in [4.69, 9.17) is 17.3 Å². The zero-order valence-electron chi connectivity index (χ0n) is 10.7. The van der Waals surface area contributed by atoms with Gasteiger partial charge in [0.05, 0.1) is 11.9 Å². The highest BCUT2D eigenvalue weighted by atomic mass is 35.5. The minimum atomic E-state index is 0.221. The van der Waals surface area contributed by atoms with Crippen LogP contribution in [0.25, 0.3) is 0 Å². The molecule has 100 valence electrons. The Labute approximate surface area is 113 Å². The number of halogens is 1. The van der Waals surface area contributed by atoms with Crippen LogP contribution in [0.2, 0.25) is 5.28 Å². The first kappa shape index (κ1) is 13.4. The summed E-state index contributed by atoms with van der Waals surface area (Å²) in [4.78, 5) is 10.4. The van der Waals surface area contributed by atoms with Crippen molar-refractivity contribution in [2.45, 2.75) is 19.8 Å². The first-order chi connectivity index (χ1) is 8.65. The van der Waals surface area contributed by atoms with Crippen LogP contribution < -0.4 is 11.1 Å². The molecule has 1 aliphatic rings. The van der Waals surface area contributed by atoms with E-state index in [9.17, 15) is 0 Å². The number of nitrogens with two attached hydrogens (primary N) is 1. The van der Waals surface area contributed by atoms with Gasteiger partial charge in [0.1, 0.15) is 0 Å². The molecule has 0 bridgehead atoms. The third-order valence-electron chi connectivity index (χ3n) is 3.38. The van der Waals surface area contributed by atoms with Crippen LogP contribution in [0.15, 0.2) is 6.20 Å². The van der Waals surface area contributed by atoms with E-state index in [0.29, 0.717) is 11.5 Å². The highest BCUT2D eigenvalue weighted by molar-refractivity contribution is 6.28. The van der Waals surface area contributed by atoms with Crippen LogP contribution in [0.5, 0.6) is 0 Å². The predicted octanol–water partition coefficient (Wildman–Crippen LogP) is 1.86. The van der Waals surface area contributed by atoms with Crippen LogP contribution in [0.3, 0.4) is 0 Å². The summed E-state index contributed by atoms with van der Waals surface area (Å²) in [6.45, 7) is 6.52. The third kappa shape index (κ3) is 3.71. The van der Waals surface area contributed by atoms with Gasteiger partial charge < -0.3 is 16.0 Å². The van der Waals surface area contributed by atoms with Crippen molar-refractivity contribution in [2.75, 3.05) is 37.2 Å². The zero-order chi connectivity index (χ0) is 13.0. The van der Waals surface area contributed by atoms with Crippen molar-refractivity contribution in [3.8, 4) is 0 Å². The van der Waals surface area contributed by atoms with Gasteiger partial charge >= 0.3 is 0 Å². The van der Waals surface area contributed by atoms with E-state index in [-0.39, 0.29) is 5.28 Å². The Kier molecular flexibility index (Phi) is 4.60. The number of rotatable bonds is 4. The average Bonchev–Trinajstić information content (AvgIpc) is 2.36. The first-order valence-corrected chi connectivity index (χ1v) is 6.77. The second-order valence-electron chi connectivity index (χ2n) is 4.89. The van der Waals surface area contributed by atoms with E-state index in [0.717, 1.165) is 19.0 Å². The maximum Gasteiger partial charge on any atom is 0.224 e. The van der Waals surface area contributed by atoms with Crippen LogP contribution in [0.4, 0.5) is 11.5 Å². The fraction of sp³-hybridized carbons (Fsp3) is 0.667. The number of hydrogen-bond donors (Lipinski definition) is 2. The number of nitrogens with one attached hydrogen (secondary N) is 1. The van der Waals surface area contributed by atoms with Crippen molar-refractivity contribution in [3.63, 3.8) is 0 Å². The lowest BCUT2D eigenvalue weighted by atomic mass is 9.99. The highest BCUT2D eigenvalue weighted by Crippen LogP contribution is 2.17. The molecule has 0 amide bonds. The van der Waals surface area contributed by atoms with E-state index < -0.39 is 0 Å². The van der Waals surface area contributed by atoms with Gasteiger partial charge in [0.15, 0.2) is 5.82 Å². The van der Waals surface area contributed by atoms with Gasteiger partial charge in [-0.3, -0.25) is 0 Å². The molecule has 6 heteroatoms. The third-order valence-corrected chi connectivity index (χ3v) is 3.57. The second-order valence-corrected chi connectivity index (χ2v) is 5.23. The molecule has 0 aromatic carbocycles. The fourth-order valence-corrected chi connectivity index (χ4v) is 2.26. The second kappa shape index (κ2) is 6.20. The summed E-state index contributed by atoms with van der Waals surface area (Å²) in [5, 5.41) is 3.43. The maximum absolute atomic E-state index is 5.77. The number of hydrogen-bond acceptors (Lipinski definition) is 5. The molecular weight excluding hydrogens is 250 g/mol. The summed E-state index contributed by atoms with van der Waals surface area (Å²) in [7, 11) is 0. The van der Waals surface area contributed by atoms with E-state index in [1.165, 1.54) is 32.1 Å². The smallest absolute Gasteiger partial charge is 0.224 e. The van der Waals surface area contributed by atoms with Crippen LogP contribution >= 0.6 is 11.6 Å². The molecule has 18 heavy (non-hydrogen) atoms. The molecule has 0 unspecified atom stereocenters. The Morgan fingerprint density at radius 1 is 1.50 bits per heavy atom. The number of piperidine rings is 1. The molecule has 3 N–H and O–H groups in total.